The zero-order valence-corrected chi connectivity index (χ0v) is 8.58. The molecule has 0 aromatic heterocycles. The lowest BCUT2D eigenvalue weighted by Gasteiger charge is -2.55. The molecular formula is C11H18N2. The first-order chi connectivity index (χ1) is 6.15. The average Bonchev–Trinajstić information content (AvgIpc) is 2.07. The van der Waals surface area contributed by atoms with Crippen molar-refractivity contribution in [3.05, 3.63) is 0 Å². The molecule has 0 bridgehead atoms. The summed E-state index contributed by atoms with van der Waals surface area (Å²) in [5, 5.41) is 9.03. The maximum Gasteiger partial charge on any atom is 0.103 e. The van der Waals surface area contributed by atoms with E-state index < -0.39 is 0 Å². The summed E-state index contributed by atoms with van der Waals surface area (Å²) in [5.74, 6) is 0.904. The minimum Gasteiger partial charge on any atom is -0.282 e. The van der Waals surface area contributed by atoms with E-state index in [2.05, 4.69) is 11.0 Å². The minimum absolute atomic E-state index is 0.238. The van der Waals surface area contributed by atoms with Crippen LogP contribution in [0, 0.1) is 17.2 Å². The molecule has 1 aliphatic heterocycles. The molecule has 1 heterocycles. The molecule has 0 aromatic rings. The molecule has 0 N–H and O–H groups in total. The van der Waals surface area contributed by atoms with Crippen LogP contribution in [0.3, 0.4) is 0 Å². The summed E-state index contributed by atoms with van der Waals surface area (Å²) in [6.45, 7) is 5.24. The Morgan fingerprint density at radius 2 is 2.00 bits per heavy atom. The lowest BCUT2D eigenvalue weighted by atomic mass is 9.74. The van der Waals surface area contributed by atoms with Crippen molar-refractivity contribution >= 4 is 0 Å². The van der Waals surface area contributed by atoms with Crippen LogP contribution in [0.1, 0.15) is 39.5 Å². The topological polar surface area (TPSA) is 27.0 Å². The van der Waals surface area contributed by atoms with Crippen molar-refractivity contribution in [3.63, 3.8) is 0 Å². The number of hydrogen-bond donors (Lipinski definition) is 0. The molecule has 2 aliphatic rings. The monoisotopic (exact) mass is 178 g/mol. The molecule has 2 atom stereocenters. The zero-order chi connectivity index (χ0) is 9.47. The maximum absolute atomic E-state index is 9.03. The van der Waals surface area contributed by atoms with Gasteiger partial charge >= 0.3 is 0 Å². The van der Waals surface area contributed by atoms with Gasteiger partial charge in [0.2, 0.25) is 0 Å². The van der Waals surface area contributed by atoms with Crippen molar-refractivity contribution < 1.29 is 0 Å². The Morgan fingerprint density at radius 1 is 1.31 bits per heavy atom. The highest BCUT2D eigenvalue weighted by Crippen LogP contribution is 2.40. The fraction of sp³-hybridized carbons (Fsp3) is 0.909. The molecule has 13 heavy (non-hydrogen) atoms. The Balaban J connectivity index is 2.02. The molecule has 2 fully saturated rings. The Hall–Kier alpha value is -0.550. The molecule has 2 unspecified atom stereocenters. The Bertz CT molecular complexity index is 239. The second-order valence-electron chi connectivity index (χ2n) is 4.94. The Morgan fingerprint density at radius 3 is 2.62 bits per heavy atom. The van der Waals surface area contributed by atoms with Crippen LogP contribution in [0.2, 0.25) is 0 Å². The molecule has 2 heteroatoms. The SMILES string of the molecule is CC(C)(C#N)N1CC2CCCCC21. The zero-order valence-electron chi connectivity index (χ0n) is 8.58. The Kier molecular flexibility index (Phi) is 2.08. The highest BCUT2D eigenvalue weighted by Gasteiger charge is 2.46. The summed E-state index contributed by atoms with van der Waals surface area (Å²) in [6.07, 6.45) is 5.47. The van der Waals surface area contributed by atoms with Crippen LogP contribution in [-0.4, -0.2) is 23.0 Å². The lowest BCUT2D eigenvalue weighted by molar-refractivity contribution is -0.0610. The lowest BCUT2D eigenvalue weighted by Crippen LogP contribution is -2.64. The van der Waals surface area contributed by atoms with Crippen LogP contribution in [0.25, 0.3) is 0 Å². The number of fused-ring (bicyclic) bond motifs is 1. The smallest absolute Gasteiger partial charge is 0.103 e. The molecule has 72 valence electrons. The van der Waals surface area contributed by atoms with Gasteiger partial charge in [-0.3, -0.25) is 4.90 Å². The van der Waals surface area contributed by atoms with Crippen molar-refractivity contribution in [1.82, 2.24) is 4.90 Å². The minimum atomic E-state index is -0.238. The van der Waals surface area contributed by atoms with Crippen LogP contribution in [0.4, 0.5) is 0 Å². The second-order valence-corrected chi connectivity index (χ2v) is 4.94. The van der Waals surface area contributed by atoms with Gasteiger partial charge in [0.05, 0.1) is 6.07 Å². The number of rotatable bonds is 1. The van der Waals surface area contributed by atoms with E-state index in [0.29, 0.717) is 0 Å². The van der Waals surface area contributed by atoms with E-state index in [1.54, 1.807) is 0 Å². The van der Waals surface area contributed by atoms with Crippen LogP contribution in [0.15, 0.2) is 0 Å². The van der Waals surface area contributed by atoms with E-state index in [9.17, 15) is 0 Å². The summed E-state index contributed by atoms with van der Waals surface area (Å²) in [7, 11) is 0. The number of nitriles is 1. The van der Waals surface area contributed by atoms with Gasteiger partial charge in [0.25, 0.3) is 0 Å². The number of likely N-dealkylation sites (tertiary alicyclic amines) is 1. The molecule has 2 rings (SSSR count). The summed E-state index contributed by atoms with van der Waals surface area (Å²) >= 11 is 0. The van der Waals surface area contributed by atoms with Gasteiger partial charge in [-0.15, -0.1) is 0 Å². The van der Waals surface area contributed by atoms with Crippen molar-refractivity contribution in [2.24, 2.45) is 5.92 Å². The third-order valence-electron chi connectivity index (χ3n) is 3.69. The van der Waals surface area contributed by atoms with Crippen molar-refractivity contribution in [2.45, 2.75) is 51.1 Å². The standard InChI is InChI=1S/C11H18N2/c1-11(2,8-12)13-7-9-5-3-4-6-10(9)13/h9-10H,3-7H2,1-2H3. The fourth-order valence-corrected chi connectivity index (χ4v) is 2.77. The van der Waals surface area contributed by atoms with Gasteiger partial charge in [0, 0.05) is 12.6 Å². The molecule has 2 nitrogen and oxygen atoms in total. The molecule has 0 spiro atoms. The van der Waals surface area contributed by atoms with Gasteiger partial charge in [-0.2, -0.15) is 5.26 Å². The molecule has 1 aliphatic carbocycles. The van der Waals surface area contributed by atoms with E-state index in [1.165, 1.54) is 25.7 Å². The quantitative estimate of drug-likeness (QED) is 0.615. The predicted octanol–water partition coefficient (Wildman–Crippen LogP) is 2.16. The molecule has 0 radical (unpaired) electrons. The molecule has 0 aromatic carbocycles. The second kappa shape index (κ2) is 2.99. The number of hydrogen-bond acceptors (Lipinski definition) is 2. The van der Waals surface area contributed by atoms with Gasteiger partial charge in [-0.05, 0) is 32.6 Å². The summed E-state index contributed by atoms with van der Waals surface area (Å²) in [5.41, 5.74) is -0.238. The highest BCUT2D eigenvalue weighted by molar-refractivity contribution is 5.10. The van der Waals surface area contributed by atoms with Crippen LogP contribution in [0.5, 0.6) is 0 Å². The first kappa shape index (κ1) is 9.02. The molecule has 1 saturated heterocycles. The number of nitrogens with zero attached hydrogens (tertiary/aromatic N) is 2. The molecular weight excluding hydrogens is 160 g/mol. The third-order valence-corrected chi connectivity index (χ3v) is 3.69. The van der Waals surface area contributed by atoms with Gasteiger partial charge in [0.1, 0.15) is 5.54 Å². The van der Waals surface area contributed by atoms with Crippen molar-refractivity contribution in [3.8, 4) is 6.07 Å². The van der Waals surface area contributed by atoms with Crippen molar-refractivity contribution in [1.29, 1.82) is 5.26 Å². The average molecular weight is 178 g/mol. The third kappa shape index (κ3) is 1.36. The molecule has 1 saturated carbocycles. The van der Waals surface area contributed by atoms with E-state index in [-0.39, 0.29) is 5.54 Å². The maximum atomic E-state index is 9.03. The first-order valence-electron chi connectivity index (χ1n) is 5.33. The van der Waals surface area contributed by atoms with E-state index >= 15 is 0 Å². The largest absolute Gasteiger partial charge is 0.282 e. The van der Waals surface area contributed by atoms with Crippen LogP contribution in [-0.2, 0) is 0 Å². The summed E-state index contributed by atoms with van der Waals surface area (Å²) in [6, 6.07) is 3.13. The van der Waals surface area contributed by atoms with Crippen molar-refractivity contribution in [2.75, 3.05) is 6.54 Å². The van der Waals surface area contributed by atoms with E-state index in [1.807, 2.05) is 13.8 Å². The first-order valence-corrected chi connectivity index (χ1v) is 5.33. The predicted molar refractivity (Wildman–Crippen MR) is 52.1 cm³/mol. The van der Waals surface area contributed by atoms with Crippen LogP contribution < -0.4 is 0 Å². The summed E-state index contributed by atoms with van der Waals surface area (Å²) < 4.78 is 0. The van der Waals surface area contributed by atoms with E-state index in [0.717, 1.165) is 18.5 Å². The fourth-order valence-electron chi connectivity index (χ4n) is 2.77. The van der Waals surface area contributed by atoms with E-state index in [4.69, 9.17) is 5.26 Å². The van der Waals surface area contributed by atoms with Gasteiger partial charge < -0.3 is 0 Å². The highest BCUT2D eigenvalue weighted by atomic mass is 15.3. The van der Waals surface area contributed by atoms with Crippen LogP contribution >= 0.6 is 0 Å². The normalized spacial score (nSPS) is 34.5. The summed E-state index contributed by atoms with van der Waals surface area (Å²) in [4.78, 5) is 2.39. The molecule has 0 amide bonds. The Labute approximate surface area is 80.5 Å². The van der Waals surface area contributed by atoms with Gasteiger partial charge in [0.15, 0.2) is 0 Å². The van der Waals surface area contributed by atoms with Gasteiger partial charge in [-0.25, -0.2) is 0 Å². The van der Waals surface area contributed by atoms with Gasteiger partial charge in [-0.1, -0.05) is 12.8 Å².